The van der Waals surface area contributed by atoms with Crippen LogP contribution in [0.3, 0.4) is 0 Å². The van der Waals surface area contributed by atoms with Gasteiger partial charge in [-0.15, -0.1) is 4.36 Å². The van der Waals surface area contributed by atoms with Crippen LogP contribution in [0.1, 0.15) is 41.5 Å². The summed E-state index contributed by atoms with van der Waals surface area (Å²) in [6.07, 6.45) is 5.23. The molecule has 9 nitrogen and oxygen atoms in total. The van der Waals surface area contributed by atoms with Crippen molar-refractivity contribution in [1.29, 1.82) is 0 Å². The van der Waals surface area contributed by atoms with Crippen molar-refractivity contribution in [2.24, 2.45) is 9.50 Å². The van der Waals surface area contributed by atoms with E-state index in [1.165, 1.54) is 33.1 Å². The number of amides is 2. The lowest BCUT2D eigenvalue weighted by atomic mass is 9.75. The molecule has 30 heavy (non-hydrogen) atoms. The number of nitrogens with one attached hydrogen (secondary N) is 1. The minimum Gasteiger partial charge on any atom is -0.474 e. The zero-order valence-corrected chi connectivity index (χ0v) is 17.8. The predicted octanol–water partition coefficient (Wildman–Crippen LogP) is 2.37. The monoisotopic (exact) mass is 431 g/mol. The summed E-state index contributed by atoms with van der Waals surface area (Å²) in [5.74, 6) is 0.652. The van der Waals surface area contributed by atoms with Gasteiger partial charge in [-0.1, -0.05) is 13.0 Å². The minimum atomic E-state index is -3.52. The zero-order valence-electron chi connectivity index (χ0n) is 17.0. The van der Waals surface area contributed by atoms with Crippen molar-refractivity contribution in [2.45, 2.75) is 56.1 Å². The summed E-state index contributed by atoms with van der Waals surface area (Å²) in [5.41, 5.74) is 5.73. The average Bonchev–Trinajstić information content (AvgIpc) is 3.33. The van der Waals surface area contributed by atoms with Crippen molar-refractivity contribution in [3.05, 3.63) is 34.5 Å². The molecule has 3 atom stereocenters. The van der Waals surface area contributed by atoms with Gasteiger partial charge in [-0.2, -0.15) is 5.10 Å². The Morgan fingerprint density at radius 2 is 2.27 bits per heavy atom. The first-order chi connectivity index (χ1) is 14.4. The number of carbonyl (C=O) groups is 1. The second kappa shape index (κ2) is 7.07. The fraction of sp³-hybridized carbons (Fsp3) is 0.500. The fourth-order valence-corrected chi connectivity index (χ4v) is 5.70. The second-order valence-corrected chi connectivity index (χ2v) is 9.94. The van der Waals surface area contributed by atoms with Crippen LogP contribution in [0, 0.1) is 0 Å². The highest BCUT2D eigenvalue weighted by molar-refractivity contribution is 7.91. The quantitative estimate of drug-likeness (QED) is 0.773. The Morgan fingerprint density at radius 1 is 1.43 bits per heavy atom. The maximum atomic E-state index is 13.1. The molecular formula is C20H25N5O4S. The molecule has 2 heterocycles. The molecule has 2 unspecified atom stereocenters. The lowest BCUT2D eigenvalue weighted by Crippen LogP contribution is -2.32. The first-order valence-corrected chi connectivity index (χ1v) is 11.7. The number of benzene rings is 1. The van der Waals surface area contributed by atoms with Gasteiger partial charge >= 0.3 is 6.03 Å². The first-order valence-electron chi connectivity index (χ1n) is 10.1. The van der Waals surface area contributed by atoms with Crippen molar-refractivity contribution in [3.63, 3.8) is 0 Å². The molecule has 0 spiro atoms. The number of aromatic nitrogens is 2. The van der Waals surface area contributed by atoms with Crippen molar-refractivity contribution in [1.82, 2.24) is 9.78 Å². The number of nitrogens with two attached hydrogens (primary N) is 1. The second-order valence-electron chi connectivity index (χ2n) is 8.18. The number of anilines is 1. The number of carbonyl (C=O) groups excluding carboxylic acids is 1. The number of ether oxygens (including phenoxy) is 2. The highest BCUT2D eigenvalue weighted by atomic mass is 32.2. The summed E-state index contributed by atoms with van der Waals surface area (Å²) in [4.78, 5) is 12.9. The van der Waals surface area contributed by atoms with E-state index in [0.717, 1.165) is 31.4 Å². The van der Waals surface area contributed by atoms with Gasteiger partial charge in [0.25, 0.3) is 0 Å². The van der Waals surface area contributed by atoms with Gasteiger partial charge in [-0.25, -0.2) is 18.8 Å². The number of rotatable bonds is 3. The van der Waals surface area contributed by atoms with Crippen LogP contribution in [0.5, 0.6) is 5.88 Å². The lowest BCUT2D eigenvalue weighted by molar-refractivity contribution is 0.0165. The van der Waals surface area contributed by atoms with Gasteiger partial charge in [-0.05, 0) is 53.9 Å². The molecule has 10 heteroatoms. The molecule has 1 aromatic carbocycles. The predicted molar refractivity (Wildman–Crippen MR) is 111 cm³/mol. The molecule has 0 saturated carbocycles. The van der Waals surface area contributed by atoms with E-state index in [0.29, 0.717) is 12.5 Å². The van der Waals surface area contributed by atoms with Gasteiger partial charge in [0, 0.05) is 12.8 Å². The molecule has 1 aliphatic heterocycles. The number of nitrogens with zero attached hydrogens (tertiary/aromatic N) is 3. The van der Waals surface area contributed by atoms with Crippen LogP contribution in [-0.2, 0) is 40.5 Å². The number of hydrogen-bond acceptors (Lipinski definition) is 5. The van der Waals surface area contributed by atoms with E-state index < -0.39 is 15.9 Å². The van der Waals surface area contributed by atoms with Gasteiger partial charge in [0.15, 0.2) is 9.92 Å². The molecule has 0 fully saturated rings. The fourth-order valence-electron chi connectivity index (χ4n) is 4.69. The largest absolute Gasteiger partial charge is 0.474 e. The van der Waals surface area contributed by atoms with E-state index in [4.69, 9.17) is 14.6 Å². The Labute approximate surface area is 175 Å². The summed E-state index contributed by atoms with van der Waals surface area (Å²) < 4.78 is 29.4. The maximum absolute atomic E-state index is 13.1. The number of hydrogen-bond donors (Lipinski definition) is 2. The van der Waals surface area contributed by atoms with Crippen LogP contribution < -0.4 is 15.2 Å². The van der Waals surface area contributed by atoms with Crippen LogP contribution in [-0.4, -0.2) is 39.8 Å². The third kappa shape index (κ3) is 3.10. The molecule has 2 aromatic rings. The summed E-state index contributed by atoms with van der Waals surface area (Å²) in [7, 11) is -1.93. The average molecular weight is 432 g/mol. The topological polar surface area (TPSA) is 121 Å². The van der Waals surface area contributed by atoms with Crippen molar-refractivity contribution >= 4 is 21.6 Å². The van der Waals surface area contributed by atoms with Crippen LogP contribution in [0.4, 0.5) is 10.5 Å². The summed E-state index contributed by atoms with van der Waals surface area (Å²) in [6.45, 7) is 2.89. The van der Waals surface area contributed by atoms with Crippen LogP contribution in [0.2, 0.25) is 0 Å². The molecule has 2 aliphatic carbocycles. The third-order valence-corrected chi connectivity index (χ3v) is 7.53. The van der Waals surface area contributed by atoms with E-state index in [9.17, 15) is 9.00 Å². The molecule has 0 bridgehead atoms. The third-order valence-electron chi connectivity index (χ3n) is 6.19. The van der Waals surface area contributed by atoms with E-state index in [-0.39, 0.29) is 23.5 Å². The van der Waals surface area contributed by atoms with E-state index in [1.54, 1.807) is 7.11 Å². The molecular weight excluding hydrogens is 406 g/mol. The standard InChI is InChI=1S/C20H25N5O4S/c1-11-6-13-7-12-4-3-5-15(12)18(17(11)13)23-20(26)24-30(21,27)16-8-22-25-9-14(28-2)10-29-19(16)25/h7-8,11,14H,3-6,9-10H2,1-2H3,(H3,21,23,24,26,27)/t11?,14-,30?/m0/s1. The Morgan fingerprint density at radius 3 is 3.03 bits per heavy atom. The van der Waals surface area contributed by atoms with E-state index in [1.807, 2.05) is 0 Å². The van der Waals surface area contributed by atoms with Gasteiger partial charge < -0.3 is 14.8 Å². The van der Waals surface area contributed by atoms with Crippen LogP contribution >= 0.6 is 0 Å². The molecule has 160 valence electrons. The minimum absolute atomic E-state index is 0.117. The van der Waals surface area contributed by atoms with Crippen LogP contribution in [0.15, 0.2) is 21.5 Å². The van der Waals surface area contributed by atoms with Crippen molar-refractivity contribution in [2.75, 3.05) is 19.0 Å². The lowest BCUT2D eigenvalue weighted by Gasteiger charge is -2.31. The number of aryl methyl sites for hydroxylation is 1. The highest BCUT2D eigenvalue weighted by Crippen LogP contribution is 2.45. The Balaban J connectivity index is 1.45. The van der Waals surface area contributed by atoms with Gasteiger partial charge in [-0.3, -0.25) is 0 Å². The molecule has 0 radical (unpaired) electrons. The number of fused-ring (bicyclic) bond motifs is 3. The smallest absolute Gasteiger partial charge is 0.354 e. The molecule has 3 aliphatic rings. The maximum Gasteiger partial charge on any atom is 0.354 e. The number of urea groups is 1. The molecule has 2 amide bonds. The van der Waals surface area contributed by atoms with Crippen molar-refractivity contribution < 1.29 is 18.5 Å². The summed E-state index contributed by atoms with van der Waals surface area (Å²) in [6, 6.07) is 1.55. The molecule has 1 aromatic heterocycles. The summed E-state index contributed by atoms with van der Waals surface area (Å²) in [5, 5.41) is 13.0. The van der Waals surface area contributed by atoms with Gasteiger partial charge in [0.2, 0.25) is 5.88 Å². The van der Waals surface area contributed by atoms with E-state index >= 15 is 0 Å². The first kappa shape index (κ1) is 19.5. The molecule has 3 N–H and O–H groups in total. The highest BCUT2D eigenvalue weighted by Gasteiger charge is 2.32. The number of methoxy groups -OCH3 is 1. The molecule has 5 rings (SSSR count). The van der Waals surface area contributed by atoms with E-state index in [2.05, 4.69) is 27.8 Å². The van der Waals surface area contributed by atoms with Gasteiger partial charge in [0.05, 0.1) is 12.7 Å². The van der Waals surface area contributed by atoms with Crippen LogP contribution in [0.25, 0.3) is 0 Å². The normalized spacial score (nSPS) is 23.3. The van der Waals surface area contributed by atoms with Crippen molar-refractivity contribution in [3.8, 4) is 5.88 Å². The summed E-state index contributed by atoms with van der Waals surface area (Å²) >= 11 is 0. The van der Waals surface area contributed by atoms with Gasteiger partial charge in [0.1, 0.15) is 17.6 Å². The zero-order chi connectivity index (χ0) is 21.0. The Bertz CT molecular complexity index is 1160. The Hall–Kier alpha value is -2.43. The SMILES string of the molecule is CO[C@@H]1COc2c(S(N)(=O)=NC(=O)Nc3c4c(cc5c3C(C)C5)CCC4)cnn2C1. The Kier molecular flexibility index (Phi) is 4.60. The molecule has 0 saturated heterocycles.